The standard InChI is InChI=1S/C14H12N2OS/c1-2-4-11(5-3-1)6-8-17-13-12-7-9-18-14(12)16-10-15-13/h1-5,7,9-10H,6,8H2. The third kappa shape index (κ3) is 2.33. The van der Waals surface area contributed by atoms with Crippen molar-refractivity contribution < 1.29 is 4.74 Å². The van der Waals surface area contributed by atoms with E-state index in [-0.39, 0.29) is 0 Å². The van der Waals surface area contributed by atoms with Gasteiger partial charge in [-0.05, 0) is 17.0 Å². The van der Waals surface area contributed by atoms with Crippen molar-refractivity contribution in [2.45, 2.75) is 6.42 Å². The molecule has 2 heterocycles. The molecule has 0 aliphatic rings. The molecule has 0 radical (unpaired) electrons. The summed E-state index contributed by atoms with van der Waals surface area (Å²) in [5.74, 6) is 0.678. The van der Waals surface area contributed by atoms with Crippen molar-refractivity contribution in [2.24, 2.45) is 0 Å². The molecule has 1 aromatic carbocycles. The fourth-order valence-corrected chi connectivity index (χ4v) is 2.52. The third-order valence-electron chi connectivity index (χ3n) is 2.70. The van der Waals surface area contributed by atoms with Crippen molar-refractivity contribution in [3.05, 3.63) is 53.7 Å². The monoisotopic (exact) mass is 256 g/mol. The molecule has 0 N–H and O–H groups in total. The highest BCUT2D eigenvalue weighted by atomic mass is 32.1. The first kappa shape index (κ1) is 11.2. The van der Waals surface area contributed by atoms with Crippen LogP contribution in [-0.4, -0.2) is 16.6 Å². The molecular formula is C14H12N2OS. The Kier molecular flexibility index (Phi) is 3.19. The highest BCUT2D eigenvalue weighted by molar-refractivity contribution is 7.16. The van der Waals surface area contributed by atoms with Gasteiger partial charge in [-0.3, -0.25) is 0 Å². The van der Waals surface area contributed by atoms with Gasteiger partial charge in [-0.15, -0.1) is 11.3 Å². The maximum absolute atomic E-state index is 5.74. The molecule has 0 amide bonds. The van der Waals surface area contributed by atoms with Crippen molar-refractivity contribution in [3.8, 4) is 5.88 Å². The van der Waals surface area contributed by atoms with E-state index in [2.05, 4.69) is 22.1 Å². The van der Waals surface area contributed by atoms with Crippen LogP contribution < -0.4 is 4.74 Å². The number of nitrogens with zero attached hydrogens (tertiary/aromatic N) is 2. The van der Waals surface area contributed by atoms with Gasteiger partial charge in [0.25, 0.3) is 0 Å². The largest absolute Gasteiger partial charge is 0.477 e. The van der Waals surface area contributed by atoms with Crippen molar-refractivity contribution >= 4 is 21.6 Å². The minimum Gasteiger partial charge on any atom is -0.477 e. The van der Waals surface area contributed by atoms with Gasteiger partial charge in [-0.25, -0.2) is 9.97 Å². The molecule has 0 saturated carbocycles. The molecule has 0 aliphatic heterocycles. The zero-order chi connectivity index (χ0) is 12.2. The van der Waals surface area contributed by atoms with Crippen LogP contribution in [0.25, 0.3) is 10.2 Å². The zero-order valence-corrected chi connectivity index (χ0v) is 10.6. The predicted molar refractivity (Wildman–Crippen MR) is 73.1 cm³/mol. The highest BCUT2D eigenvalue weighted by Gasteiger charge is 2.05. The average Bonchev–Trinajstić information content (AvgIpc) is 2.89. The minimum atomic E-state index is 0.631. The topological polar surface area (TPSA) is 35.0 Å². The molecule has 3 rings (SSSR count). The maximum atomic E-state index is 5.74. The van der Waals surface area contributed by atoms with Gasteiger partial charge in [0.05, 0.1) is 12.0 Å². The molecule has 0 spiro atoms. The third-order valence-corrected chi connectivity index (χ3v) is 3.52. The lowest BCUT2D eigenvalue weighted by atomic mass is 10.2. The lowest BCUT2D eigenvalue weighted by Crippen LogP contribution is -2.02. The highest BCUT2D eigenvalue weighted by Crippen LogP contribution is 2.25. The number of rotatable bonds is 4. The second-order valence-corrected chi connectivity index (χ2v) is 4.80. The zero-order valence-electron chi connectivity index (χ0n) is 9.74. The second-order valence-electron chi connectivity index (χ2n) is 3.90. The fourth-order valence-electron chi connectivity index (χ4n) is 1.79. The van der Waals surface area contributed by atoms with E-state index in [0.29, 0.717) is 12.5 Å². The summed E-state index contributed by atoms with van der Waals surface area (Å²) in [7, 11) is 0. The summed E-state index contributed by atoms with van der Waals surface area (Å²) in [5.41, 5.74) is 1.27. The molecule has 90 valence electrons. The summed E-state index contributed by atoms with van der Waals surface area (Å²) in [6.07, 6.45) is 2.44. The summed E-state index contributed by atoms with van der Waals surface area (Å²) in [6, 6.07) is 12.3. The van der Waals surface area contributed by atoms with E-state index in [1.54, 1.807) is 17.7 Å². The smallest absolute Gasteiger partial charge is 0.225 e. The van der Waals surface area contributed by atoms with Gasteiger partial charge >= 0.3 is 0 Å². The number of fused-ring (bicyclic) bond motifs is 1. The van der Waals surface area contributed by atoms with Crippen LogP contribution in [0.4, 0.5) is 0 Å². The normalized spacial score (nSPS) is 10.7. The van der Waals surface area contributed by atoms with E-state index >= 15 is 0 Å². The number of aromatic nitrogens is 2. The molecule has 2 aromatic heterocycles. The van der Waals surface area contributed by atoms with Crippen molar-refractivity contribution in [1.29, 1.82) is 0 Å². The van der Waals surface area contributed by atoms with Crippen LogP contribution in [0.15, 0.2) is 48.1 Å². The molecule has 0 atom stereocenters. The van der Waals surface area contributed by atoms with Crippen LogP contribution in [0.1, 0.15) is 5.56 Å². The number of benzene rings is 1. The summed E-state index contributed by atoms with van der Waals surface area (Å²) in [4.78, 5) is 9.35. The van der Waals surface area contributed by atoms with Crippen molar-refractivity contribution in [1.82, 2.24) is 9.97 Å². The number of thiophene rings is 1. The van der Waals surface area contributed by atoms with Gasteiger partial charge in [0, 0.05) is 6.42 Å². The van der Waals surface area contributed by atoms with E-state index in [9.17, 15) is 0 Å². The van der Waals surface area contributed by atoms with E-state index in [1.807, 2.05) is 29.6 Å². The Bertz CT molecular complexity index is 636. The Labute approximate surface area is 109 Å². The summed E-state index contributed by atoms with van der Waals surface area (Å²) < 4.78 is 5.74. The van der Waals surface area contributed by atoms with Gasteiger partial charge in [0.2, 0.25) is 5.88 Å². The van der Waals surface area contributed by atoms with Crippen LogP contribution in [-0.2, 0) is 6.42 Å². The van der Waals surface area contributed by atoms with Crippen LogP contribution in [0, 0.1) is 0 Å². The van der Waals surface area contributed by atoms with E-state index in [1.165, 1.54) is 5.56 Å². The van der Waals surface area contributed by atoms with Crippen LogP contribution >= 0.6 is 11.3 Å². The first-order valence-electron chi connectivity index (χ1n) is 5.78. The van der Waals surface area contributed by atoms with Crippen molar-refractivity contribution in [3.63, 3.8) is 0 Å². The first-order valence-corrected chi connectivity index (χ1v) is 6.66. The number of hydrogen-bond acceptors (Lipinski definition) is 4. The van der Waals surface area contributed by atoms with Gasteiger partial charge in [-0.1, -0.05) is 30.3 Å². The van der Waals surface area contributed by atoms with Gasteiger partial charge in [-0.2, -0.15) is 0 Å². The van der Waals surface area contributed by atoms with Crippen LogP contribution in [0.2, 0.25) is 0 Å². The van der Waals surface area contributed by atoms with Gasteiger partial charge in [0.15, 0.2) is 0 Å². The Morgan fingerprint density at radius 2 is 1.94 bits per heavy atom. The number of hydrogen-bond donors (Lipinski definition) is 0. The Hall–Kier alpha value is -1.94. The van der Waals surface area contributed by atoms with Crippen LogP contribution in [0.3, 0.4) is 0 Å². The van der Waals surface area contributed by atoms with E-state index in [0.717, 1.165) is 16.6 Å². The van der Waals surface area contributed by atoms with Gasteiger partial charge in [0.1, 0.15) is 11.2 Å². The Morgan fingerprint density at radius 1 is 1.06 bits per heavy atom. The predicted octanol–water partition coefficient (Wildman–Crippen LogP) is 3.31. The van der Waals surface area contributed by atoms with Crippen LogP contribution in [0.5, 0.6) is 5.88 Å². The Morgan fingerprint density at radius 3 is 2.83 bits per heavy atom. The second kappa shape index (κ2) is 5.14. The molecule has 0 aliphatic carbocycles. The number of ether oxygens (including phenoxy) is 1. The molecule has 3 nitrogen and oxygen atoms in total. The SMILES string of the molecule is c1ccc(CCOc2ncnc3sccc23)cc1. The maximum Gasteiger partial charge on any atom is 0.225 e. The summed E-state index contributed by atoms with van der Waals surface area (Å²) in [5, 5.41) is 3.00. The molecule has 4 heteroatoms. The molecule has 0 saturated heterocycles. The summed E-state index contributed by atoms with van der Waals surface area (Å²) >= 11 is 1.60. The Balaban J connectivity index is 1.68. The molecule has 3 aromatic rings. The van der Waals surface area contributed by atoms with Gasteiger partial charge < -0.3 is 4.74 Å². The van der Waals surface area contributed by atoms with E-state index in [4.69, 9.17) is 4.74 Å². The van der Waals surface area contributed by atoms with E-state index < -0.39 is 0 Å². The first-order chi connectivity index (χ1) is 8.93. The summed E-state index contributed by atoms with van der Waals surface area (Å²) in [6.45, 7) is 0.631. The lowest BCUT2D eigenvalue weighted by Gasteiger charge is -2.05. The average molecular weight is 256 g/mol. The fraction of sp³-hybridized carbons (Fsp3) is 0.143. The minimum absolute atomic E-state index is 0.631. The molecule has 0 bridgehead atoms. The lowest BCUT2D eigenvalue weighted by molar-refractivity contribution is 0.313. The molecule has 0 unspecified atom stereocenters. The molecule has 0 fully saturated rings. The molecule has 18 heavy (non-hydrogen) atoms. The quantitative estimate of drug-likeness (QED) is 0.718. The van der Waals surface area contributed by atoms with Crippen molar-refractivity contribution in [2.75, 3.05) is 6.61 Å². The molecular weight excluding hydrogens is 244 g/mol.